The Morgan fingerprint density at radius 2 is 2.21 bits per heavy atom. The van der Waals surface area contributed by atoms with Crippen LogP contribution in [-0.4, -0.2) is 21.0 Å². The quantitative estimate of drug-likeness (QED) is 0.362. The van der Waals surface area contributed by atoms with Gasteiger partial charge in [0.25, 0.3) is 5.69 Å². The first-order chi connectivity index (χ1) is 9.22. The summed E-state index contributed by atoms with van der Waals surface area (Å²) in [6.07, 6.45) is 3.94. The number of para-hydroxylation sites is 2. The van der Waals surface area contributed by atoms with Crippen LogP contribution in [0.1, 0.15) is 12.0 Å². The summed E-state index contributed by atoms with van der Waals surface area (Å²) < 4.78 is 1.39. The number of hydrogen-bond acceptors (Lipinski definition) is 4. The van der Waals surface area contributed by atoms with E-state index in [4.69, 9.17) is 0 Å². The van der Waals surface area contributed by atoms with Crippen LogP contribution in [0, 0.1) is 22.0 Å². The highest BCUT2D eigenvalue weighted by Crippen LogP contribution is 2.21. The number of nitro benzene ring substituents is 1. The van der Waals surface area contributed by atoms with E-state index in [2.05, 4.69) is 16.9 Å². The second kappa shape index (κ2) is 5.60. The Morgan fingerprint density at radius 1 is 1.42 bits per heavy atom. The number of aldehydes is 1. The maximum absolute atomic E-state index is 10.9. The van der Waals surface area contributed by atoms with Crippen molar-refractivity contribution in [2.45, 2.75) is 6.42 Å². The Kier molecular flexibility index (Phi) is 3.69. The number of hydrogen-bond donors (Lipinski definition) is 0. The fraction of sp³-hybridized carbons (Fsp3) is 0.0769. The normalized spacial score (nSPS) is 9.47. The van der Waals surface area contributed by atoms with Gasteiger partial charge in [-0.2, -0.15) is 5.10 Å². The van der Waals surface area contributed by atoms with Gasteiger partial charge in [-0.15, -0.1) is 0 Å². The van der Waals surface area contributed by atoms with Crippen LogP contribution in [0.5, 0.6) is 0 Å². The van der Waals surface area contributed by atoms with Crippen LogP contribution in [0.2, 0.25) is 0 Å². The van der Waals surface area contributed by atoms with Crippen molar-refractivity contribution in [3.63, 3.8) is 0 Å². The van der Waals surface area contributed by atoms with Crippen LogP contribution in [0.3, 0.4) is 0 Å². The lowest BCUT2D eigenvalue weighted by Crippen LogP contribution is -1.99. The molecule has 2 aromatic rings. The van der Waals surface area contributed by atoms with E-state index in [1.807, 2.05) is 0 Å². The van der Waals surface area contributed by atoms with Crippen molar-refractivity contribution in [3.8, 4) is 17.5 Å². The smallest absolute Gasteiger partial charge is 0.294 e. The molecule has 1 aromatic carbocycles. The van der Waals surface area contributed by atoms with Crippen molar-refractivity contribution >= 4 is 12.0 Å². The van der Waals surface area contributed by atoms with Gasteiger partial charge < -0.3 is 4.79 Å². The minimum absolute atomic E-state index is 0.0296. The van der Waals surface area contributed by atoms with Gasteiger partial charge in [0.2, 0.25) is 0 Å². The third-order valence-corrected chi connectivity index (χ3v) is 2.33. The van der Waals surface area contributed by atoms with E-state index in [0.717, 1.165) is 0 Å². The predicted molar refractivity (Wildman–Crippen MR) is 67.8 cm³/mol. The molecule has 0 atom stereocenters. The van der Waals surface area contributed by atoms with Crippen LogP contribution in [-0.2, 0) is 4.79 Å². The van der Waals surface area contributed by atoms with Gasteiger partial charge in [0.1, 0.15) is 12.0 Å². The molecule has 0 saturated heterocycles. The summed E-state index contributed by atoms with van der Waals surface area (Å²) in [4.78, 5) is 20.6. The first-order valence-electron chi connectivity index (χ1n) is 5.43. The van der Waals surface area contributed by atoms with E-state index in [1.54, 1.807) is 24.4 Å². The molecule has 0 spiro atoms. The summed E-state index contributed by atoms with van der Waals surface area (Å²) in [5, 5.41) is 14.9. The molecule has 0 amide bonds. The van der Waals surface area contributed by atoms with E-state index in [-0.39, 0.29) is 12.1 Å². The molecule has 0 aliphatic rings. The molecule has 0 radical (unpaired) electrons. The molecule has 0 fully saturated rings. The number of carbonyl (C=O) groups is 1. The minimum atomic E-state index is -0.464. The lowest BCUT2D eigenvalue weighted by atomic mass is 10.2. The Bertz CT molecular complexity index is 680. The molecule has 6 nitrogen and oxygen atoms in total. The van der Waals surface area contributed by atoms with E-state index in [9.17, 15) is 14.9 Å². The maximum atomic E-state index is 10.9. The molecule has 6 heteroatoms. The lowest BCUT2D eigenvalue weighted by molar-refractivity contribution is -0.384. The molecule has 1 aromatic heterocycles. The second-order valence-corrected chi connectivity index (χ2v) is 3.59. The SMILES string of the molecule is O=CCC#Cc1cnn(-c2ccccc2[N+](=O)[O-])c1. The molecular formula is C13H9N3O3. The van der Waals surface area contributed by atoms with Gasteiger partial charge in [-0.05, 0) is 6.07 Å². The molecule has 0 N–H and O–H groups in total. The number of carbonyl (C=O) groups excluding carboxylic acids is 1. The van der Waals surface area contributed by atoms with Crippen LogP contribution in [0.4, 0.5) is 5.69 Å². The predicted octanol–water partition coefficient (Wildman–Crippen LogP) is 1.72. The van der Waals surface area contributed by atoms with Crippen molar-refractivity contribution in [2.75, 3.05) is 0 Å². The van der Waals surface area contributed by atoms with E-state index >= 15 is 0 Å². The summed E-state index contributed by atoms with van der Waals surface area (Å²) in [5.74, 6) is 5.40. The topological polar surface area (TPSA) is 78.0 Å². The molecule has 0 unspecified atom stereocenters. The Hall–Kier alpha value is -2.94. The van der Waals surface area contributed by atoms with Gasteiger partial charge in [0.15, 0.2) is 0 Å². The fourth-order valence-electron chi connectivity index (χ4n) is 1.53. The molecular weight excluding hydrogens is 246 g/mol. The zero-order chi connectivity index (χ0) is 13.7. The summed E-state index contributed by atoms with van der Waals surface area (Å²) in [5.41, 5.74) is 0.939. The molecule has 0 aliphatic carbocycles. The summed E-state index contributed by atoms with van der Waals surface area (Å²) in [6, 6.07) is 6.31. The summed E-state index contributed by atoms with van der Waals surface area (Å²) in [6.45, 7) is 0. The highest BCUT2D eigenvalue weighted by atomic mass is 16.6. The van der Waals surface area contributed by atoms with Gasteiger partial charge >= 0.3 is 0 Å². The molecule has 0 saturated carbocycles. The monoisotopic (exact) mass is 255 g/mol. The number of benzene rings is 1. The maximum Gasteiger partial charge on any atom is 0.294 e. The van der Waals surface area contributed by atoms with Crippen molar-refractivity contribution in [1.29, 1.82) is 0 Å². The number of nitro groups is 1. The lowest BCUT2D eigenvalue weighted by Gasteiger charge is -2.01. The van der Waals surface area contributed by atoms with E-state index < -0.39 is 4.92 Å². The third-order valence-electron chi connectivity index (χ3n) is 2.33. The fourth-order valence-corrected chi connectivity index (χ4v) is 1.53. The first kappa shape index (κ1) is 12.5. The van der Waals surface area contributed by atoms with Crippen LogP contribution in [0.15, 0.2) is 36.7 Å². The van der Waals surface area contributed by atoms with Crippen molar-refractivity contribution < 1.29 is 9.72 Å². The zero-order valence-electron chi connectivity index (χ0n) is 9.81. The van der Waals surface area contributed by atoms with Crippen molar-refractivity contribution in [2.24, 2.45) is 0 Å². The third kappa shape index (κ3) is 2.84. The highest BCUT2D eigenvalue weighted by molar-refractivity contribution is 5.55. The highest BCUT2D eigenvalue weighted by Gasteiger charge is 2.14. The molecule has 0 bridgehead atoms. The summed E-state index contributed by atoms with van der Waals surface area (Å²) >= 11 is 0. The van der Waals surface area contributed by atoms with Gasteiger partial charge in [-0.1, -0.05) is 24.0 Å². The molecule has 2 rings (SSSR count). The Labute approximate surface area is 108 Å². The minimum Gasteiger partial charge on any atom is -0.302 e. The van der Waals surface area contributed by atoms with E-state index in [1.165, 1.54) is 16.9 Å². The molecule has 0 aliphatic heterocycles. The van der Waals surface area contributed by atoms with Crippen LogP contribution < -0.4 is 0 Å². The molecule has 94 valence electrons. The van der Waals surface area contributed by atoms with Gasteiger partial charge in [-0.3, -0.25) is 10.1 Å². The standard InChI is InChI=1S/C13H9N3O3/c17-8-4-3-5-11-9-14-15(10-11)12-6-1-2-7-13(12)16(18)19/h1-2,6-10H,4H2. The van der Waals surface area contributed by atoms with Crippen molar-refractivity contribution in [3.05, 3.63) is 52.3 Å². The summed E-state index contributed by atoms with van der Waals surface area (Å²) in [7, 11) is 0. The van der Waals surface area contributed by atoms with Crippen LogP contribution in [0.25, 0.3) is 5.69 Å². The van der Waals surface area contributed by atoms with Crippen LogP contribution >= 0.6 is 0 Å². The number of nitrogens with zero attached hydrogens (tertiary/aromatic N) is 3. The first-order valence-corrected chi connectivity index (χ1v) is 5.43. The zero-order valence-corrected chi connectivity index (χ0v) is 9.81. The van der Waals surface area contributed by atoms with Gasteiger partial charge in [0.05, 0.1) is 23.1 Å². The number of rotatable bonds is 3. The van der Waals surface area contributed by atoms with E-state index in [0.29, 0.717) is 17.5 Å². The van der Waals surface area contributed by atoms with Gasteiger partial charge in [0, 0.05) is 12.3 Å². The molecule has 1 heterocycles. The average molecular weight is 255 g/mol. The average Bonchev–Trinajstić information content (AvgIpc) is 2.88. The molecule has 19 heavy (non-hydrogen) atoms. The van der Waals surface area contributed by atoms with Gasteiger partial charge in [-0.25, -0.2) is 4.68 Å². The van der Waals surface area contributed by atoms with Crippen molar-refractivity contribution in [1.82, 2.24) is 9.78 Å². The number of aromatic nitrogens is 2. The Balaban J connectivity index is 2.36. The largest absolute Gasteiger partial charge is 0.302 e. The Morgan fingerprint density at radius 3 is 2.95 bits per heavy atom. The second-order valence-electron chi connectivity index (χ2n) is 3.59.